The Morgan fingerprint density at radius 3 is 2.17 bits per heavy atom. The number of rotatable bonds is 8. The monoisotopic (exact) mass is 330 g/mol. The van der Waals surface area contributed by atoms with Gasteiger partial charge in [-0.05, 0) is 38.3 Å². The first-order chi connectivity index (χ1) is 11.3. The van der Waals surface area contributed by atoms with E-state index in [-0.39, 0.29) is 17.4 Å². The second kappa shape index (κ2) is 9.01. The highest BCUT2D eigenvalue weighted by atomic mass is 16.2. The summed E-state index contributed by atoms with van der Waals surface area (Å²) in [5.74, 6) is -0.990. The van der Waals surface area contributed by atoms with Crippen LogP contribution >= 0.6 is 0 Å². The Hall–Kier alpha value is -2.43. The van der Waals surface area contributed by atoms with Crippen molar-refractivity contribution in [3.63, 3.8) is 0 Å². The summed E-state index contributed by atoms with van der Waals surface area (Å²) in [6, 6.07) is 5.60. The molecule has 0 spiro atoms. The van der Waals surface area contributed by atoms with Crippen molar-refractivity contribution in [2.45, 2.75) is 41.0 Å². The average Bonchev–Trinajstić information content (AvgIpc) is 2.49. The number of Topliss-reactive ketones (excluding diaryl/α,β-unsaturated/α-hetero) is 1. The fourth-order valence-electron chi connectivity index (χ4n) is 2.59. The first-order valence-electron chi connectivity index (χ1n) is 8.17. The molecule has 2 amide bonds. The van der Waals surface area contributed by atoms with Gasteiger partial charge in [-0.2, -0.15) is 0 Å². The highest BCUT2D eigenvalue weighted by Gasteiger charge is 2.24. The van der Waals surface area contributed by atoms with Crippen molar-refractivity contribution < 1.29 is 14.4 Å². The number of carbonyl (C=O) groups excluding carboxylic acids is 3. The van der Waals surface area contributed by atoms with Gasteiger partial charge in [-0.15, -0.1) is 0 Å². The topological polar surface area (TPSA) is 75.3 Å². The van der Waals surface area contributed by atoms with Gasteiger partial charge in [0.2, 0.25) is 12.2 Å². The Balaban J connectivity index is 3.46. The van der Waals surface area contributed by atoms with E-state index in [9.17, 15) is 14.4 Å². The Morgan fingerprint density at radius 1 is 1.12 bits per heavy atom. The quantitative estimate of drug-likeness (QED) is 0.436. The standard InChI is InChI=1S/C19H26N2O3/c1-6-7-20-17(16(12(2)3)19(24)21-11-22)18(23)15-9-13(4)8-14(5)10-15/h8-12,20H,6-7H2,1-5H3,(H,21,22,24)/b17-16-. The van der Waals surface area contributed by atoms with Crippen LogP contribution in [0.4, 0.5) is 0 Å². The zero-order valence-corrected chi connectivity index (χ0v) is 15.0. The van der Waals surface area contributed by atoms with Crippen LogP contribution in [0.25, 0.3) is 0 Å². The summed E-state index contributed by atoms with van der Waals surface area (Å²) in [5.41, 5.74) is 3.05. The van der Waals surface area contributed by atoms with Gasteiger partial charge in [0.05, 0.1) is 5.70 Å². The molecule has 5 heteroatoms. The second-order valence-corrected chi connectivity index (χ2v) is 6.17. The van der Waals surface area contributed by atoms with Crippen LogP contribution in [0.2, 0.25) is 0 Å². The molecule has 0 unspecified atom stereocenters. The third-order valence-electron chi connectivity index (χ3n) is 3.54. The van der Waals surface area contributed by atoms with E-state index >= 15 is 0 Å². The largest absolute Gasteiger partial charge is 0.381 e. The number of nitrogens with one attached hydrogen (secondary N) is 2. The summed E-state index contributed by atoms with van der Waals surface area (Å²) in [4.78, 5) is 35.9. The van der Waals surface area contributed by atoms with Gasteiger partial charge in [0, 0.05) is 17.7 Å². The SMILES string of the molecule is CCCN/C(C(=O)c1cc(C)cc(C)c1)=C(\C(=O)NC=O)C(C)C. The van der Waals surface area contributed by atoms with E-state index in [4.69, 9.17) is 0 Å². The van der Waals surface area contributed by atoms with Crippen LogP contribution in [0.15, 0.2) is 29.5 Å². The molecule has 0 aliphatic carbocycles. The average molecular weight is 330 g/mol. The smallest absolute Gasteiger partial charge is 0.256 e. The molecule has 2 N–H and O–H groups in total. The fourth-order valence-corrected chi connectivity index (χ4v) is 2.59. The van der Waals surface area contributed by atoms with E-state index in [1.165, 1.54) is 0 Å². The molecule has 0 aliphatic rings. The molecule has 1 aromatic carbocycles. The van der Waals surface area contributed by atoms with Crippen LogP contribution in [0.5, 0.6) is 0 Å². The molecule has 1 aromatic rings. The van der Waals surface area contributed by atoms with E-state index in [0.717, 1.165) is 17.5 Å². The molecule has 130 valence electrons. The number of hydrogen-bond acceptors (Lipinski definition) is 4. The first-order valence-corrected chi connectivity index (χ1v) is 8.17. The van der Waals surface area contributed by atoms with E-state index in [0.29, 0.717) is 24.1 Å². The van der Waals surface area contributed by atoms with Crippen molar-refractivity contribution in [2.75, 3.05) is 6.54 Å². The van der Waals surface area contributed by atoms with Gasteiger partial charge < -0.3 is 5.32 Å². The maximum absolute atomic E-state index is 13.0. The zero-order chi connectivity index (χ0) is 18.3. The van der Waals surface area contributed by atoms with Crippen molar-refractivity contribution in [3.8, 4) is 0 Å². The Bertz CT molecular complexity index is 640. The van der Waals surface area contributed by atoms with Crippen LogP contribution in [0.3, 0.4) is 0 Å². The molecule has 0 heterocycles. The van der Waals surface area contributed by atoms with Crippen LogP contribution in [-0.4, -0.2) is 24.6 Å². The highest BCUT2D eigenvalue weighted by molar-refractivity contribution is 6.14. The first kappa shape index (κ1) is 19.6. The second-order valence-electron chi connectivity index (χ2n) is 6.17. The van der Waals surface area contributed by atoms with Gasteiger partial charge in [0.1, 0.15) is 0 Å². The predicted molar refractivity (Wildman–Crippen MR) is 94.6 cm³/mol. The summed E-state index contributed by atoms with van der Waals surface area (Å²) in [5, 5.41) is 5.22. The van der Waals surface area contributed by atoms with Crippen molar-refractivity contribution in [1.82, 2.24) is 10.6 Å². The molecular weight excluding hydrogens is 304 g/mol. The van der Waals surface area contributed by atoms with Crippen molar-refractivity contribution in [1.29, 1.82) is 0 Å². The number of benzene rings is 1. The molecule has 0 atom stereocenters. The van der Waals surface area contributed by atoms with Gasteiger partial charge in [0.25, 0.3) is 5.91 Å². The lowest BCUT2D eigenvalue weighted by atomic mass is 9.94. The Labute approximate surface area is 143 Å². The summed E-state index contributed by atoms with van der Waals surface area (Å²) < 4.78 is 0. The van der Waals surface area contributed by atoms with E-state index in [1.807, 2.05) is 40.7 Å². The molecule has 5 nitrogen and oxygen atoms in total. The molecule has 0 saturated carbocycles. The van der Waals surface area contributed by atoms with Gasteiger partial charge in [-0.3, -0.25) is 19.7 Å². The van der Waals surface area contributed by atoms with Crippen LogP contribution in [-0.2, 0) is 9.59 Å². The minimum Gasteiger partial charge on any atom is -0.381 e. The number of aryl methyl sites for hydroxylation is 2. The lowest BCUT2D eigenvalue weighted by Crippen LogP contribution is -2.33. The normalized spacial score (nSPS) is 11.8. The van der Waals surface area contributed by atoms with Crippen LogP contribution in [0, 0.1) is 19.8 Å². The predicted octanol–water partition coefficient (Wildman–Crippen LogP) is 2.67. The third kappa shape index (κ3) is 5.05. The number of ketones is 1. The van der Waals surface area contributed by atoms with E-state index in [2.05, 4.69) is 10.6 Å². The van der Waals surface area contributed by atoms with Crippen molar-refractivity contribution in [2.24, 2.45) is 5.92 Å². The lowest BCUT2D eigenvalue weighted by Gasteiger charge is -2.18. The minimum absolute atomic E-state index is 0.209. The summed E-state index contributed by atoms with van der Waals surface area (Å²) in [6.45, 7) is 10.0. The zero-order valence-electron chi connectivity index (χ0n) is 15.0. The molecule has 0 saturated heterocycles. The maximum atomic E-state index is 13.0. The van der Waals surface area contributed by atoms with Gasteiger partial charge in [0.15, 0.2) is 0 Å². The number of amides is 2. The molecule has 1 rings (SSSR count). The molecular formula is C19H26N2O3. The number of hydrogen-bond donors (Lipinski definition) is 2. The van der Waals surface area contributed by atoms with Gasteiger partial charge in [-0.25, -0.2) is 0 Å². The molecule has 0 aliphatic heterocycles. The molecule has 0 radical (unpaired) electrons. The Morgan fingerprint density at radius 2 is 1.71 bits per heavy atom. The fraction of sp³-hybridized carbons (Fsp3) is 0.421. The summed E-state index contributed by atoms with van der Waals surface area (Å²) >= 11 is 0. The minimum atomic E-state index is -0.545. The number of imide groups is 1. The third-order valence-corrected chi connectivity index (χ3v) is 3.54. The lowest BCUT2D eigenvalue weighted by molar-refractivity contribution is -0.122. The molecule has 0 fully saturated rings. The van der Waals surface area contributed by atoms with Crippen molar-refractivity contribution in [3.05, 3.63) is 46.2 Å². The van der Waals surface area contributed by atoms with Crippen molar-refractivity contribution >= 4 is 18.1 Å². The number of allylic oxidation sites excluding steroid dienone is 1. The maximum Gasteiger partial charge on any atom is 0.256 e. The van der Waals surface area contributed by atoms with Gasteiger partial charge >= 0.3 is 0 Å². The van der Waals surface area contributed by atoms with E-state index < -0.39 is 5.91 Å². The van der Waals surface area contributed by atoms with E-state index in [1.54, 1.807) is 12.1 Å². The summed E-state index contributed by atoms with van der Waals surface area (Å²) in [7, 11) is 0. The molecule has 24 heavy (non-hydrogen) atoms. The number of carbonyl (C=O) groups is 3. The van der Waals surface area contributed by atoms with Gasteiger partial charge in [-0.1, -0.05) is 38.0 Å². The summed E-state index contributed by atoms with van der Waals surface area (Å²) in [6.07, 6.45) is 1.15. The van der Waals surface area contributed by atoms with Crippen LogP contribution in [0.1, 0.15) is 48.7 Å². The molecule has 0 aromatic heterocycles. The Kier molecular flexibility index (Phi) is 7.36. The van der Waals surface area contributed by atoms with Crippen LogP contribution < -0.4 is 10.6 Å². The molecule has 0 bridgehead atoms. The highest BCUT2D eigenvalue weighted by Crippen LogP contribution is 2.19.